The molecule has 2 N–H and O–H groups in total. The molecule has 40 heavy (non-hydrogen) atoms. The largest absolute Gasteiger partial charge is 0.425 e. The monoisotopic (exact) mass is 548 g/mol. The predicted octanol–water partition coefficient (Wildman–Crippen LogP) is 3.30. The second-order valence-corrected chi connectivity index (χ2v) is 8.65. The van der Waals surface area contributed by atoms with Gasteiger partial charge in [-0.05, 0) is 68.4 Å². The molecule has 10 nitrogen and oxygen atoms in total. The highest BCUT2D eigenvalue weighted by atomic mass is 16.7. The SMILES string of the molecule is CNCC(=O)OC(C)OC(=O)CNCCCc1ccc(OC(=O)c2ccccc2)c(OC(=O)c2ccccc2)c1. The summed E-state index contributed by atoms with van der Waals surface area (Å²) in [6.07, 6.45) is 0.250. The molecule has 0 spiro atoms. The van der Waals surface area contributed by atoms with Gasteiger partial charge in [-0.15, -0.1) is 0 Å². The van der Waals surface area contributed by atoms with Gasteiger partial charge in [-0.3, -0.25) is 9.59 Å². The number of benzene rings is 3. The fraction of sp³-hybridized carbons (Fsp3) is 0.267. The third-order valence-corrected chi connectivity index (χ3v) is 5.44. The third kappa shape index (κ3) is 9.97. The Labute approximate surface area is 232 Å². The van der Waals surface area contributed by atoms with Gasteiger partial charge in [0.25, 0.3) is 0 Å². The van der Waals surface area contributed by atoms with Crippen LogP contribution in [0.25, 0.3) is 0 Å². The molecule has 0 amide bonds. The number of likely N-dealkylation sites (N-methyl/N-ethyl adjacent to an activating group) is 1. The number of esters is 4. The maximum Gasteiger partial charge on any atom is 0.343 e. The third-order valence-electron chi connectivity index (χ3n) is 5.44. The molecule has 210 valence electrons. The highest BCUT2D eigenvalue weighted by Crippen LogP contribution is 2.30. The fourth-order valence-electron chi connectivity index (χ4n) is 3.57. The van der Waals surface area contributed by atoms with Gasteiger partial charge in [-0.25, -0.2) is 9.59 Å². The molecule has 3 aromatic carbocycles. The molecule has 3 rings (SSSR count). The lowest BCUT2D eigenvalue weighted by atomic mass is 10.1. The van der Waals surface area contributed by atoms with Crippen LogP contribution in [0.4, 0.5) is 0 Å². The molecule has 0 heterocycles. The Morgan fingerprint density at radius 2 is 1.27 bits per heavy atom. The molecule has 3 aromatic rings. The van der Waals surface area contributed by atoms with E-state index in [1.54, 1.807) is 85.9 Å². The number of hydrogen-bond donors (Lipinski definition) is 2. The lowest BCUT2D eigenvalue weighted by Crippen LogP contribution is -2.31. The Balaban J connectivity index is 1.56. The predicted molar refractivity (Wildman–Crippen MR) is 146 cm³/mol. The van der Waals surface area contributed by atoms with Gasteiger partial charge in [0.2, 0.25) is 6.29 Å². The molecule has 0 aliphatic rings. The summed E-state index contributed by atoms with van der Waals surface area (Å²) >= 11 is 0. The number of aryl methyl sites for hydroxylation is 1. The van der Waals surface area contributed by atoms with E-state index < -0.39 is 30.2 Å². The molecular formula is C30H32N2O8. The minimum Gasteiger partial charge on any atom is -0.425 e. The number of nitrogens with one attached hydrogen (secondary N) is 2. The maximum atomic E-state index is 12.7. The first kappa shape index (κ1) is 30.0. The van der Waals surface area contributed by atoms with E-state index in [9.17, 15) is 19.2 Å². The Kier molecular flexibility index (Phi) is 11.8. The van der Waals surface area contributed by atoms with E-state index in [-0.39, 0.29) is 24.6 Å². The summed E-state index contributed by atoms with van der Waals surface area (Å²) in [4.78, 5) is 48.7. The average Bonchev–Trinajstić information content (AvgIpc) is 2.95. The quantitative estimate of drug-likeness (QED) is 0.134. The van der Waals surface area contributed by atoms with Crippen molar-refractivity contribution in [3.8, 4) is 11.5 Å². The lowest BCUT2D eigenvalue weighted by Gasteiger charge is -2.14. The zero-order chi connectivity index (χ0) is 28.7. The van der Waals surface area contributed by atoms with E-state index in [1.807, 2.05) is 0 Å². The topological polar surface area (TPSA) is 129 Å². The zero-order valence-electron chi connectivity index (χ0n) is 22.4. The summed E-state index contributed by atoms with van der Waals surface area (Å²) in [5.74, 6) is -2.00. The van der Waals surface area contributed by atoms with E-state index in [0.717, 1.165) is 5.56 Å². The summed E-state index contributed by atoms with van der Waals surface area (Å²) in [6, 6.07) is 22.0. The number of rotatable bonds is 14. The number of carbonyl (C=O) groups is 4. The van der Waals surface area contributed by atoms with Crippen molar-refractivity contribution < 1.29 is 38.1 Å². The van der Waals surface area contributed by atoms with Crippen LogP contribution in [0.2, 0.25) is 0 Å². The van der Waals surface area contributed by atoms with Crippen LogP contribution >= 0.6 is 0 Å². The van der Waals surface area contributed by atoms with Crippen molar-refractivity contribution in [2.24, 2.45) is 0 Å². The molecule has 0 saturated heterocycles. The van der Waals surface area contributed by atoms with E-state index in [4.69, 9.17) is 18.9 Å². The maximum absolute atomic E-state index is 12.7. The molecule has 0 radical (unpaired) electrons. The van der Waals surface area contributed by atoms with Crippen molar-refractivity contribution in [2.75, 3.05) is 26.7 Å². The fourth-order valence-corrected chi connectivity index (χ4v) is 3.57. The van der Waals surface area contributed by atoms with Crippen LogP contribution in [0.3, 0.4) is 0 Å². The van der Waals surface area contributed by atoms with Crippen molar-refractivity contribution in [2.45, 2.75) is 26.1 Å². The molecule has 0 aromatic heterocycles. The Morgan fingerprint density at radius 3 is 1.85 bits per heavy atom. The van der Waals surface area contributed by atoms with E-state index in [0.29, 0.717) is 30.5 Å². The first-order valence-electron chi connectivity index (χ1n) is 12.8. The van der Waals surface area contributed by atoms with Crippen LogP contribution in [0.5, 0.6) is 11.5 Å². The van der Waals surface area contributed by atoms with E-state index in [2.05, 4.69) is 10.6 Å². The van der Waals surface area contributed by atoms with Crippen molar-refractivity contribution in [3.05, 3.63) is 95.6 Å². The van der Waals surface area contributed by atoms with E-state index >= 15 is 0 Å². The van der Waals surface area contributed by atoms with Crippen LogP contribution in [0, 0.1) is 0 Å². The zero-order valence-corrected chi connectivity index (χ0v) is 22.4. The van der Waals surface area contributed by atoms with Gasteiger partial charge in [0, 0.05) is 6.92 Å². The molecule has 0 fully saturated rings. The van der Waals surface area contributed by atoms with Gasteiger partial charge in [-0.1, -0.05) is 42.5 Å². The Bertz CT molecular complexity index is 1280. The highest BCUT2D eigenvalue weighted by molar-refractivity contribution is 5.93. The second kappa shape index (κ2) is 15.8. The summed E-state index contributed by atoms with van der Waals surface area (Å²) in [6.45, 7) is 1.92. The summed E-state index contributed by atoms with van der Waals surface area (Å²) in [5.41, 5.74) is 1.56. The van der Waals surface area contributed by atoms with E-state index in [1.165, 1.54) is 6.92 Å². The van der Waals surface area contributed by atoms with Gasteiger partial charge < -0.3 is 29.6 Å². The summed E-state index contributed by atoms with van der Waals surface area (Å²) < 4.78 is 21.1. The Hall–Kier alpha value is -4.54. The molecule has 0 aliphatic heterocycles. The molecule has 0 saturated carbocycles. The summed E-state index contributed by atoms with van der Waals surface area (Å²) in [7, 11) is 1.61. The smallest absolute Gasteiger partial charge is 0.343 e. The van der Waals surface area contributed by atoms with Crippen LogP contribution in [0.15, 0.2) is 78.9 Å². The van der Waals surface area contributed by atoms with Gasteiger partial charge in [-0.2, -0.15) is 0 Å². The Morgan fingerprint density at radius 1 is 0.725 bits per heavy atom. The normalized spacial score (nSPS) is 11.2. The number of carbonyl (C=O) groups excluding carboxylic acids is 4. The van der Waals surface area contributed by atoms with Crippen molar-refractivity contribution in [3.63, 3.8) is 0 Å². The van der Waals surface area contributed by atoms with Crippen molar-refractivity contribution in [1.29, 1.82) is 0 Å². The van der Waals surface area contributed by atoms with Gasteiger partial charge in [0.05, 0.1) is 24.2 Å². The summed E-state index contributed by atoms with van der Waals surface area (Å²) in [5, 5.41) is 5.63. The van der Waals surface area contributed by atoms with Gasteiger partial charge >= 0.3 is 23.9 Å². The number of ether oxygens (including phenoxy) is 4. The van der Waals surface area contributed by atoms with Crippen LogP contribution in [0.1, 0.15) is 39.6 Å². The lowest BCUT2D eigenvalue weighted by molar-refractivity contribution is -0.183. The van der Waals surface area contributed by atoms with Gasteiger partial charge in [0.15, 0.2) is 11.5 Å². The standard InChI is InChI=1S/C30H32N2O8/c1-21(37-27(33)19-31-2)38-28(34)20-32-17-9-10-22-15-16-25(39-29(35)23-11-5-3-6-12-23)26(18-22)40-30(36)24-13-7-4-8-14-24/h3-8,11-16,18,21,31-32H,9-10,17,19-20H2,1-2H3. The van der Waals surface area contributed by atoms with Crippen LogP contribution < -0.4 is 20.1 Å². The first-order chi connectivity index (χ1) is 19.4. The molecule has 10 heteroatoms. The average molecular weight is 549 g/mol. The molecule has 0 aliphatic carbocycles. The minimum atomic E-state index is -0.985. The minimum absolute atomic E-state index is 0.0176. The van der Waals surface area contributed by atoms with Crippen molar-refractivity contribution >= 4 is 23.9 Å². The number of hydrogen-bond acceptors (Lipinski definition) is 10. The van der Waals surface area contributed by atoms with Crippen LogP contribution in [-0.2, 0) is 25.5 Å². The van der Waals surface area contributed by atoms with Gasteiger partial charge in [0.1, 0.15) is 0 Å². The first-order valence-corrected chi connectivity index (χ1v) is 12.8. The molecular weight excluding hydrogens is 516 g/mol. The molecule has 1 atom stereocenters. The second-order valence-electron chi connectivity index (χ2n) is 8.65. The van der Waals surface area contributed by atoms with Crippen LogP contribution in [-0.4, -0.2) is 56.8 Å². The molecule has 0 bridgehead atoms. The molecule has 1 unspecified atom stereocenters. The highest BCUT2D eigenvalue weighted by Gasteiger charge is 2.17. The van der Waals surface area contributed by atoms with Crippen molar-refractivity contribution in [1.82, 2.24) is 10.6 Å².